The van der Waals surface area contributed by atoms with Crippen molar-refractivity contribution in [3.8, 4) is 0 Å². The molecule has 0 bridgehead atoms. The van der Waals surface area contributed by atoms with E-state index in [0.29, 0.717) is 5.02 Å². The second kappa shape index (κ2) is 5.27. The minimum absolute atomic E-state index is 0.446. The summed E-state index contributed by atoms with van der Waals surface area (Å²) in [6.45, 7) is 4.35. The van der Waals surface area contributed by atoms with E-state index in [0.717, 1.165) is 5.56 Å². The number of hydrogen-bond acceptors (Lipinski definition) is 1. The molecule has 2 rings (SSSR count). The van der Waals surface area contributed by atoms with Gasteiger partial charge in [-0.15, -0.1) is 0 Å². The largest absolute Gasteiger partial charge is 0.392 e. The van der Waals surface area contributed by atoms with Crippen molar-refractivity contribution in [2.75, 3.05) is 0 Å². The van der Waals surface area contributed by atoms with Gasteiger partial charge in [-0.3, -0.25) is 0 Å². The van der Waals surface area contributed by atoms with Gasteiger partial charge in [0, 0.05) is 5.02 Å². The Morgan fingerprint density at radius 2 is 1.67 bits per heavy atom. The molecule has 3 heteroatoms. The molecule has 0 unspecified atom stereocenters. The fourth-order valence-electron chi connectivity index (χ4n) is 2.12. The molecule has 0 aliphatic heterocycles. The average Bonchev–Trinajstić information content (AvgIpc) is 2.39. The van der Waals surface area contributed by atoms with Gasteiger partial charge in [0.1, 0.15) is 8.07 Å². The molecule has 0 spiro atoms. The van der Waals surface area contributed by atoms with Crippen molar-refractivity contribution in [2.24, 2.45) is 0 Å². The highest BCUT2D eigenvalue weighted by atomic mass is 35.5. The van der Waals surface area contributed by atoms with Crippen LogP contribution >= 0.6 is 11.6 Å². The highest BCUT2D eigenvalue weighted by Gasteiger charge is 2.33. The fourth-order valence-corrected chi connectivity index (χ4v) is 4.70. The third-order valence-corrected chi connectivity index (χ3v) is 7.12. The number of rotatable bonds is 3. The van der Waals surface area contributed by atoms with E-state index in [1.807, 2.05) is 42.5 Å². The zero-order valence-electron chi connectivity index (χ0n) is 10.6. The average molecular weight is 277 g/mol. The second-order valence-corrected chi connectivity index (χ2v) is 10.0. The maximum Gasteiger partial charge on any atom is 0.118 e. The first-order chi connectivity index (χ1) is 8.51. The monoisotopic (exact) mass is 276 g/mol. The second-order valence-electron chi connectivity index (χ2n) is 5.05. The van der Waals surface area contributed by atoms with Crippen LogP contribution in [0.4, 0.5) is 0 Å². The molecule has 0 aliphatic carbocycles. The molecule has 1 nitrogen and oxygen atoms in total. The zero-order valence-corrected chi connectivity index (χ0v) is 12.4. The van der Waals surface area contributed by atoms with Crippen LogP contribution in [-0.4, -0.2) is 13.2 Å². The van der Waals surface area contributed by atoms with Gasteiger partial charge in [0.05, 0.1) is 5.73 Å². The number of aliphatic hydroxyl groups excluding tert-OH is 1. The Kier molecular flexibility index (Phi) is 3.90. The smallest absolute Gasteiger partial charge is 0.118 e. The highest BCUT2D eigenvalue weighted by molar-refractivity contribution is 6.90. The van der Waals surface area contributed by atoms with Crippen molar-refractivity contribution in [3.05, 3.63) is 65.2 Å². The third-order valence-electron chi connectivity index (χ3n) is 3.37. The van der Waals surface area contributed by atoms with Crippen molar-refractivity contribution in [2.45, 2.75) is 18.8 Å². The van der Waals surface area contributed by atoms with Gasteiger partial charge >= 0.3 is 0 Å². The summed E-state index contributed by atoms with van der Waals surface area (Å²) in [5.74, 6) is 0. The van der Waals surface area contributed by atoms with Crippen molar-refractivity contribution in [3.63, 3.8) is 0 Å². The predicted octanol–water partition coefficient (Wildman–Crippen LogP) is 3.53. The first-order valence-electron chi connectivity index (χ1n) is 6.01. The van der Waals surface area contributed by atoms with E-state index < -0.39 is 13.8 Å². The molecule has 2 aromatic carbocycles. The molecule has 1 atom stereocenters. The first-order valence-corrected chi connectivity index (χ1v) is 9.46. The van der Waals surface area contributed by atoms with Crippen LogP contribution in [0, 0.1) is 0 Å². The van der Waals surface area contributed by atoms with Gasteiger partial charge in [0.2, 0.25) is 0 Å². The summed E-state index contributed by atoms with van der Waals surface area (Å²) in [7, 11) is -1.95. The molecule has 0 aliphatic rings. The Balaban J connectivity index is 2.36. The van der Waals surface area contributed by atoms with Crippen LogP contribution in [0.2, 0.25) is 18.1 Å². The van der Waals surface area contributed by atoms with Crippen LogP contribution in [0.15, 0.2) is 54.6 Å². The van der Waals surface area contributed by atoms with Gasteiger partial charge in [-0.05, 0) is 17.7 Å². The van der Waals surface area contributed by atoms with E-state index >= 15 is 0 Å². The molecule has 0 fully saturated rings. The SMILES string of the molecule is C[Si](C)(c1ccccc1)[C@H](O)c1cccc(Cl)c1. The maximum atomic E-state index is 10.6. The summed E-state index contributed by atoms with van der Waals surface area (Å²) >= 11 is 5.99. The summed E-state index contributed by atoms with van der Waals surface area (Å²) in [5.41, 5.74) is 0.460. The Labute approximate surface area is 114 Å². The van der Waals surface area contributed by atoms with E-state index in [1.54, 1.807) is 0 Å². The number of halogens is 1. The number of hydrogen-bond donors (Lipinski definition) is 1. The number of aliphatic hydroxyl groups is 1. The summed E-state index contributed by atoms with van der Waals surface area (Å²) in [4.78, 5) is 0. The van der Waals surface area contributed by atoms with Gasteiger partial charge < -0.3 is 5.11 Å². The first kappa shape index (κ1) is 13.3. The van der Waals surface area contributed by atoms with Crippen molar-refractivity contribution < 1.29 is 5.11 Å². The Bertz CT molecular complexity index is 525. The Morgan fingerprint density at radius 3 is 2.28 bits per heavy atom. The van der Waals surface area contributed by atoms with Crippen LogP contribution < -0.4 is 5.19 Å². The van der Waals surface area contributed by atoms with Crippen LogP contribution in [0.25, 0.3) is 0 Å². The van der Waals surface area contributed by atoms with E-state index in [2.05, 4.69) is 25.2 Å². The lowest BCUT2D eigenvalue weighted by molar-refractivity contribution is 0.251. The van der Waals surface area contributed by atoms with Gasteiger partial charge in [-0.2, -0.15) is 0 Å². The van der Waals surface area contributed by atoms with E-state index in [9.17, 15) is 5.11 Å². The van der Waals surface area contributed by atoms with E-state index in [-0.39, 0.29) is 0 Å². The highest BCUT2D eigenvalue weighted by Crippen LogP contribution is 2.26. The maximum absolute atomic E-state index is 10.6. The van der Waals surface area contributed by atoms with Crippen LogP contribution in [0.5, 0.6) is 0 Å². The third kappa shape index (κ3) is 2.66. The molecule has 1 N–H and O–H groups in total. The summed E-state index contributed by atoms with van der Waals surface area (Å²) < 4.78 is 0. The lowest BCUT2D eigenvalue weighted by atomic mass is 10.2. The molecule has 0 saturated heterocycles. The molecular weight excluding hydrogens is 260 g/mol. The Hall–Kier alpha value is -1.09. The molecule has 0 aromatic heterocycles. The molecule has 2 aromatic rings. The fraction of sp³-hybridized carbons (Fsp3) is 0.200. The number of benzene rings is 2. The van der Waals surface area contributed by atoms with Crippen LogP contribution in [-0.2, 0) is 0 Å². The summed E-state index contributed by atoms with van der Waals surface area (Å²) in [6.07, 6.45) is 0. The van der Waals surface area contributed by atoms with Gasteiger partial charge in [0.25, 0.3) is 0 Å². The lowest BCUT2D eigenvalue weighted by Gasteiger charge is -2.29. The summed E-state index contributed by atoms with van der Waals surface area (Å²) in [6, 6.07) is 17.7. The Morgan fingerprint density at radius 1 is 1.00 bits per heavy atom. The van der Waals surface area contributed by atoms with Crippen molar-refractivity contribution in [1.29, 1.82) is 0 Å². The van der Waals surface area contributed by atoms with Crippen molar-refractivity contribution in [1.82, 2.24) is 0 Å². The predicted molar refractivity (Wildman–Crippen MR) is 80.0 cm³/mol. The zero-order chi connectivity index (χ0) is 13.2. The molecular formula is C15H17ClOSi. The van der Waals surface area contributed by atoms with Crippen LogP contribution in [0.3, 0.4) is 0 Å². The van der Waals surface area contributed by atoms with Crippen LogP contribution in [0.1, 0.15) is 11.3 Å². The van der Waals surface area contributed by atoms with E-state index in [1.165, 1.54) is 5.19 Å². The molecule has 0 amide bonds. The minimum atomic E-state index is -1.95. The lowest BCUT2D eigenvalue weighted by Crippen LogP contribution is -2.47. The van der Waals surface area contributed by atoms with Gasteiger partial charge in [0.15, 0.2) is 0 Å². The minimum Gasteiger partial charge on any atom is -0.392 e. The molecule has 0 heterocycles. The topological polar surface area (TPSA) is 20.2 Å². The van der Waals surface area contributed by atoms with Gasteiger partial charge in [-0.1, -0.05) is 72.3 Å². The summed E-state index contributed by atoms with van der Waals surface area (Å²) in [5, 5.41) is 12.5. The molecule has 0 radical (unpaired) electrons. The van der Waals surface area contributed by atoms with Crippen molar-refractivity contribution >= 4 is 24.9 Å². The molecule has 94 valence electrons. The van der Waals surface area contributed by atoms with Gasteiger partial charge in [-0.25, -0.2) is 0 Å². The normalized spacial score (nSPS) is 13.3. The quantitative estimate of drug-likeness (QED) is 0.851. The molecule has 0 saturated carbocycles. The van der Waals surface area contributed by atoms with E-state index in [4.69, 9.17) is 11.6 Å². The molecule has 18 heavy (non-hydrogen) atoms. The standard InChI is InChI=1S/C15H17ClOSi/c1-18(2,14-9-4-3-5-10-14)15(17)12-7-6-8-13(16)11-12/h3-11,15,17H,1-2H3/t15-/m0/s1.